The van der Waals surface area contributed by atoms with Crippen LogP contribution in [0.3, 0.4) is 0 Å². The Bertz CT molecular complexity index is 630. The van der Waals surface area contributed by atoms with Gasteiger partial charge in [-0.05, 0) is 45.2 Å². The van der Waals surface area contributed by atoms with E-state index in [0.717, 1.165) is 47.1 Å². The summed E-state index contributed by atoms with van der Waals surface area (Å²) in [6, 6.07) is 4.13. The van der Waals surface area contributed by atoms with E-state index in [-0.39, 0.29) is 0 Å². The molecule has 4 heteroatoms. The predicted molar refractivity (Wildman–Crippen MR) is 85.5 cm³/mol. The van der Waals surface area contributed by atoms with Crippen molar-refractivity contribution < 1.29 is 0 Å². The highest BCUT2D eigenvalue weighted by Gasteiger charge is 2.28. The Morgan fingerprint density at radius 3 is 2.62 bits per heavy atom. The lowest BCUT2D eigenvalue weighted by Gasteiger charge is -2.13. The zero-order chi connectivity index (χ0) is 14.8. The molecule has 2 heterocycles. The summed E-state index contributed by atoms with van der Waals surface area (Å²) in [6.45, 7) is 7.19. The molecule has 0 spiro atoms. The quantitative estimate of drug-likeness (QED) is 0.905. The number of nitrogens with one attached hydrogen (secondary N) is 1. The summed E-state index contributed by atoms with van der Waals surface area (Å²) in [6.07, 6.45) is 5.41. The number of nitrogens with zero attached hydrogens (tertiary/aromatic N) is 3. The fourth-order valence-corrected chi connectivity index (χ4v) is 2.36. The molecule has 0 bridgehead atoms. The average molecular weight is 282 g/mol. The van der Waals surface area contributed by atoms with Crippen molar-refractivity contribution in [1.82, 2.24) is 15.0 Å². The molecule has 2 aromatic rings. The van der Waals surface area contributed by atoms with E-state index in [9.17, 15) is 0 Å². The van der Waals surface area contributed by atoms with Crippen LogP contribution in [0.15, 0.2) is 18.3 Å². The van der Waals surface area contributed by atoms with Crippen molar-refractivity contribution in [2.45, 2.75) is 46.0 Å². The van der Waals surface area contributed by atoms with Crippen molar-refractivity contribution in [2.75, 3.05) is 11.9 Å². The molecule has 0 atom stereocenters. The van der Waals surface area contributed by atoms with E-state index in [0.29, 0.717) is 5.92 Å². The van der Waals surface area contributed by atoms with Gasteiger partial charge >= 0.3 is 0 Å². The summed E-state index contributed by atoms with van der Waals surface area (Å²) in [5.41, 5.74) is 4.22. The van der Waals surface area contributed by atoms with Crippen molar-refractivity contribution in [1.29, 1.82) is 0 Å². The van der Waals surface area contributed by atoms with Gasteiger partial charge in [0.25, 0.3) is 0 Å². The first kappa shape index (κ1) is 14.0. The molecule has 1 aliphatic rings. The molecule has 3 rings (SSSR count). The van der Waals surface area contributed by atoms with Gasteiger partial charge in [0, 0.05) is 35.5 Å². The Labute approximate surface area is 126 Å². The maximum Gasteiger partial charge on any atom is 0.134 e. The Hall–Kier alpha value is -1.97. The Morgan fingerprint density at radius 1 is 1.19 bits per heavy atom. The topological polar surface area (TPSA) is 50.7 Å². The maximum atomic E-state index is 4.81. The average Bonchev–Trinajstić information content (AvgIpc) is 3.32. The minimum Gasteiger partial charge on any atom is -0.370 e. The van der Waals surface area contributed by atoms with Gasteiger partial charge in [0.15, 0.2) is 0 Å². The predicted octanol–water partition coefficient (Wildman–Crippen LogP) is 3.85. The third-order valence-corrected chi connectivity index (χ3v) is 3.83. The van der Waals surface area contributed by atoms with Crippen molar-refractivity contribution in [3.05, 3.63) is 35.4 Å². The van der Waals surface area contributed by atoms with Crippen LogP contribution in [-0.2, 0) is 0 Å². The van der Waals surface area contributed by atoms with E-state index in [1.807, 2.05) is 19.2 Å². The number of aryl methyl sites for hydroxylation is 1. The minimum absolute atomic E-state index is 0.546. The molecule has 1 N–H and O–H groups in total. The van der Waals surface area contributed by atoms with Gasteiger partial charge in [-0.2, -0.15) is 0 Å². The number of aromatic nitrogens is 3. The van der Waals surface area contributed by atoms with Gasteiger partial charge in [-0.15, -0.1) is 0 Å². The number of anilines is 1. The fraction of sp³-hybridized carbons (Fsp3) is 0.471. The van der Waals surface area contributed by atoms with Crippen LogP contribution in [0, 0.1) is 13.8 Å². The highest BCUT2D eigenvalue weighted by atomic mass is 15.0. The molecule has 0 unspecified atom stereocenters. The van der Waals surface area contributed by atoms with Gasteiger partial charge < -0.3 is 5.32 Å². The van der Waals surface area contributed by atoms with Crippen LogP contribution >= 0.6 is 0 Å². The smallest absolute Gasteiger partial charge is 0.134 e. The van der Waals surface area contributed by atoms with Gasteiger partial charge in [0.2, 0.25) is 0 Å². The second kappa shape index (κ2) is 5.80. The molecule has 1 fully saturated rings. The zero-order valence-corrected chi connectivity index (χ0v) is 13.0. The van der Waals surface area contributed by atoms with Crippen LogP contribution in [0.25, 0.3) is 11.3 Å². The lowest BCUT2D eigenvalue weighted by Crippen LogP contribution is -2.08. The summed E-state index contributed by atoms with van der Waals surface area (Å²) >= 11 is 0. The van der Waals surface area contributed by atoms with Crippen LogP contribution in [-0.4, -0.2) is 21.5 Å². The SMILES string of the molecule is CCCNc1nc(C2CC2)nc(-c2ccc(C)nc2)c1C. The molecule has 21 heavy (non-hydrogen) atoms. The number of hydrogen-bond donors (Lipinski definition) is 1. The molecule has 0 radical (unpaired) electrons. The standard InChI is InChI=1S/C17H22N4/c1-4-9-18-16-12(3)15(14-6-5-11(2)19-10-14)20-17(21-16)13-7-8-13/h5-6,10,13H,4,7-9H2,1-3H3,(H,18,20,21). The summed E-state index contributed by atoms with van der Waals surface area (Å²) in [4.78, 5) is 13.9. The molecule has 1 saturated carbocycles. The molecule has 4 nitrogen and oxygen atoms in total. The molecular weight excluding hydrogens is 260 g/mol. The van der Waals surface area contributed by atoms with Gasteiger partial charge in [0.1, 0.15) is 11.6 Å². The highest BCUT2D eigenvalue weighted by Crippen LogP contribution is 2.40. The van der Waals surface area contributed by atoms with E-state index >= 15 is 0 Å². The number of hydrogen-bond acceptors (Lipinski definition) is 4. The zero-order valence-electron chi connectivity index (χ0n) is 13.0. The summed E-state index contributed by atoms with van der Waals surface area (Å²) < 4.78 is 0. The van der Waals surface area contributed by atoms with Gasteiger partial charge in [0.05, 0.1) is 5.69 Å². The van der Waals surface area contributed by atoms with Crippen LogP contribution < -0.4 is 5.32 Å². The van der Waals surface area contributed by atoms with Crippen molar-refractivity contribution >= 4 is 5.82 Å². The van der Waals surface area contributed by atoms with E-state index in [4.69, 9.17) is 9.97 Å². The lowest BCUT2D eigenvalue weighted by molar-refractivity contribution is 0.902. The Balaban J connectivity index is 2.04. The maximum absolute atomic E-state index is 4.81. The molecule has 0 amide bonds. The monoisotopic (exact) mass is 282 g/mol. The molecule has 2 aromatic heterocycles. The van der Waals surface area contributed by atoms with Gasteiger partial charge in [-0.25, -0.2) is 9.97 Å². The van der Waals surface area contributed by atoms with E-state index in [1.165, 1.54) is 12.8 Å². The van der Waals surface area contributed by atoms with Gasteiger partial charge in [-0.1, -0.05) is 6.92 Å². The van der Waals surface area contributed by atoms with Crippen molar-refractivity contribution in [2.24, 2.45) is 0 Å². The molecule has 0 aliphatic heterocycles. The molecule has 0 saturated heterocycles. The first-order valence-electron chi connectivity index (χ1n) is 7.74. The van der Waals surface area contributed by atoms with Crippen molar-refractivity contribution in [3.63, 3.8) is 0 Å². The second-order valence-electron chi connectivity index (χ2n) is 5.79. The van der Waals surface area contributed by atoms with Gasteiger partial charge in [-0.3, -0.25) is 4.98 Å². The number of rotatable bonds is 5. The summed E-state index contributed by atoms with van der Waals surface area (Å²) in [5.74, 6) is 2.50. The minimum atomic E-state index is 0.546. The second-order valence-corrected chi connectivity index (χ2v) is 5.79. The van der Waals surface area contributed by atoms with E-state index < -0.39 is 0 Å². The van der Waals surface area contributed by atoms with E-state index in [2.05, 4.69) is 30.2 Å². The van der Waals surface area contributed by atoms with Crippen LogP contribution in [0.5, 0.6) is 0 Å². The molecule has 0 aromatic carbocycles. The fourth-order valence-electron chi connectivity index (χ4n) is 2.36. The lowest BCUT2D eigenvalue weighted by atomic mass is 10.1. The largest absolute Gasteiger partial charge is 0.370 e. The molecule has 1 aliphatic carbocycles. The van der Waals surface area contributed by atoms with E-state index in [1.54, 1.807) is 0 Å². The number of pyridine rings is 1. The third kappa shape index (κ3) is 3.04. The Morgan fingerprint density at radius 2 is 2.00 bits per heavy atom. The normalized spacial score (nSPS) is 14.2. The molecule has 110 valence electrons. The first-order valence-corrected chi connectivity index (χ1v) is 7.74. The van der Waals surface area contributed by atoms with Crippen molar-refractivity contribution in [3.8, 4) is 11.3 Å². The molecular formula is C17H22N4. The first-order chi connectivity index (χ1) is 10.2. The van der Waals surface area contributed by atoms with Crippen LogP contribution in [0.4, 0.5) is 5.82 Å². The van der Waals surface area contributed by atoms with Crippen LogP contribution in [0.1, 0.15) is 49.2 Å². The summed E-state index contributed by atoms with van der Waals surface area (Å²) in [5, 5.41) is 3.44. The highest BCUT2D eigenvalue weighted by molar-refractivity contribution is 5.67. The third-order valence-electron chi connectivity index (χ3n) is 3.83. The Kier molecular flexibility index (Phi) is 3.86. The summed E-state index contributed by atoms with van der Waals surface area (Å²) in [7, 11) is 0. The van der Waals surface area contributed by atoms with Crippen LogP contribution in [0.2, 0.25) is 0 Å².